The van der Waals surface area contributed by atoms with E-state index in [0.29, 0.717) is 0 Å². The predicted molar refractivity (Wildman–Crippen MR) is 64.6 cm³/mol. The van der Waals surface area contributed by atoms with Crippen molar-refractivity contribution in [2.24, 2.45) is 16.2 Å². The van der Waals surface area contributed by atoms with Crippen molar-refractivity contribution in [1.82, 2.24) is 0 Å². The van der Waals surface area contributed by atoms with Crippen LogP contribution in [0.2, 0.25) is 0 Å². The summed E-state index contributed by atoms with van der Waals surface area (Å²) in [4.78, 5) is 22.8. The fourth-order valence-electron chi connectivity index (χ4n) is 2.50. The van der Waals surface area contributed by atoms with E-state index < -0.39 is 28.2 Å². The van der Waals surface area contributed by atoms with Gasteiger partial charge < -0.3 is 13.1 Å². The summed E-state index contributed by atoms with van der Waals surface area (Å²) in [6.07, 6.45) is 0. The summed E-state index contributed by atoms with van der Waals surface area (Å²) in [5, 5.41) is 18.6. The third-order valence-corrected chi connectivity index (χ3v) is 2.89. The molecule has 0 aliphatic heterocycles. The molecule has 0 rings (SSSR count). The van der Waals surface area contributed by atoms with Gasteiger partial charge >= 0.3 is 60.8 Å². The van der Waals surface area contributed by atoms with E-state index in [1.807, 2.05) is 0 Å². The second kappa shape index (κ2) is 5.44. The standard InChI is InChI=1S/C11H20O4.Ba.2H/c1-9(2,3)11(7(12)13,8(14)15)10(4,5)6;;;/h1-6H3,(H,12,13)(H,14,15);;;/q;+2;2*-1. The van der Waals surface area contributed by atoms with Gasteiger partial charge in [0.2, 0.25) is 0 Å². The van der Waals surface area contributed by atoms with Crippen LogP contribution in [0.25, 0.3) is 0 Å². The Bertz CT molecular complexity index is 262. The molecule has 0 aliphatic carbocycles. The molecule has 0 aromatic carbocycles. The van der Waals surface area contributed by atoms with Crippen LogP contribution >= 0.6 is 0 Å². The molecule has 5 heteroatoms. The molecule has 0 bridgehead atoms. The topological polar surface area (TPSA) is 74.6 Å². The Hall–Kier alpha value is 0.511. The van der Waals surface area contributed by atoms with Gasteiger partial charge in [0.25, 0.3) is 0 Å². The van der Waals surface area contributed by atoms with Gasteiger partial charge in [0.05, 0.1) is 0 Å². The van der Waals surface area contributed by atoms with Gasteiger partial charge in [-0.1, -0.05) is 41.5 Å². The summed E-state index contributed by atoms with van der Waals surface area (Å²) in [6.45, 7) is 9.84. The minimum atomic E-state index is -1.79. The largest absolute Gasteiger partial charge is 2.00 e. The first-order valence-corrected chi connectivity index (χ1v) is 4.86. The van der Waals surface area contributed by atoms with E-state index in [4.69, 9.17) is 0 Å². The molecule has 0 aromatic heterocycles. The number of aliphatic carboxylic acids is 2. The van der Waals surface area contributed by atoms with E-state index in [2.05, 4.69) is 0 Å². The Balaban J connectivity index is -0.000000327. The van der Waals surface area contributed by atoms with Gasteiger partial charge in [-0.15, -0.1) is 0 Å². The molecular formula is C11H22BaO4. The zero-order valence-corrected chi connectivity index (χ0v) is 15.4. The number of carboxylic acids is 2. The molecule has 16 heavy (non-hydrogen) atoms. The van der Waals surface area contributed by atoms with Crippen LogP contribution in [0.5, 0.6) is 0 Å². The van der Waals surface area contributed by atoms with Gasteiger partial charge in [-0.2, -0.15) is 0 Å². The van der Waals surface area contributed by atoms with Gasteiger partial charge in [0.15, 0.2) is 5.41 Å². The molecule has 4 nitrogen and oxygen atoms in total. The number of hydrogen-bond donors (Lipinski definition) is 2. The molecule has 2 N–H and O–H groups in total. The minimum Gasteiger partial charge on any atom is -1.00 e. The Morgan fingerprint density at radius 3 is 1.00 bits per heavy atom. The Kier molecular flexibility index (Phi) is 6.41. The molecule has 0 amide bonds. The normalized spacial score (nSPS) is 12.9. The summed E-state index contributed by atoms with van der Waals surface area (Å²) in [5.74, 6) is -2.56. The predicted octanol–water partition coefficient (Wildman–Crippen LogP) is 2.08. The summed E-state index contributed by atoms with van der Waals surface area (Å²) in [7, 11) is 0. The van der Waals surface area contributed by atoms with Gasteiger partial charge in [-0.3, -0.25) is 9.59 Å². The van der Waals surface area contributed by atoms with Crippen molar-refractivity contribution in [3.05, 3.63) is 0 Å². The van der Waals surface area contributed by atoms with Crippen molar-refractivity contribution in [2.45, 2.75) is 41.5 Å². The monoisotopic (exact) mass is 356 g/mol. The van der Waals surface area contributed by atoms with E-state index in [9.17, 15) is 19.8 Å². The van der Waals surface area contributed by atoms with Crippen LogP contribution in [0.1, 0.15) is 44.4 Å². The van der Waals surface area contributed by atoms with Crippen molar-refractivity contribution in [3.63, 3.8) is 0 Å². The number of rotatable bonds is 2. The van der Waals surface area contributed by atoms with E-state index in [1.54, 1.807) is 41.5 Å². The SMILES string of the molecule is CC(C)(C)C(C(=O)O)(C(=O)O)C(C)(C)C.[Ba+2].[H-].[H-]. The zero-order valence-electron chi connectivity index (χ0n) is 12.9. The van der Waals surface area contributed by atoms with Crippen LogP contribution in [-0.4, -0.2) is 71.0 Å². The van der Waals surface area contributed by atoms with E-state index in [-0.39, 0.29) is 51.7 Å². The fraction of sp³-hybridized carbons (Fsp3) is 0.818. The third-order valence-electron chi connectivity index (χ3n) is 2.89. The molecule has 0 atom stereocenters. The molecule has 0 aliphatic rings. The van der Waals surface area contributed by atoms with Gasteiger partial charge in [-0.25, -0.2) is 0 Å². The third kappa shape index (κ3) is 2.85. The maximum Gasteiger partial charge on any atom is 2.00 e. The van der Waals surface area contributed by atoms with E-state index >= 15 is 0 Å². The van der Waals surface area contributed by atoms with Crippen molar-refractivity contribution in [2.75, 3.05) is 0 Å². The minimum absolute atomic E-state index is 0. The van der Waals surface area contributed by atoms with E-state index in [0.717, 1.165) is 0 Å². The Morgan fingerprint density at radius 2 is 1.00 bits per heavy atom. The number of carbonyl (C=O) groups is 2. The van der Waals surface area contributed by atoms with Gasteiger partial charge in [0, 0.05) is 0 Å². The smallest absolute Gasteiger partial charge is 1.00 e. The molecular weight excluding hydrogens is 333 g/mol. The van der Waals surface area contributed by atoms with Crippen LogP contribution in [0.15, 0.2) is 0 Å². The molecule has 0 spiro atoms. The summed E-state index contributed by atoms with van der Waals surface area (Å²) in [5.41, 5.74) is -3.51. The van der Waals surface area contributed by atoms with Crippen molar-refractivity contribution < 1.29 is 22.7 Å². The van der Waals surface area contributed by atoms with Crippen LogP contribution in [0.3, 0.4) is 0 Å². The molecule has 0 aromatic rings. The maximum atomic E-state index is 11.4. The average molecular weight is 356 g/mol. The van der Waals surface area contributed by atoms with Crippen molar-refractivity contribution >= 4 is 60.8 Å². The maximum absolute atomic E-state index is 11.4. The molecule has 0 heterocycles. The summed E-state index contributed by atoms with van der Waals surface area (Å²) in [6, 6.07) is 0. The first kappa shape index (κ1) is 18.9. The fourth-order valence-corrected chi connectivity index (χ4v) is 2.50. The van der Waals surface area contributed by atoms with Gasteiger partial charge in [-0.05, 0) is 10.8 Å². The van der Waals surface area contributed by atoms with Crippen molar-refractivity contribution in [1.29, 1.82) is 0 Å². The number of carboxylic acid groups (broad SMARTS) is 2. The summed E-state index contributed by atoms with van der Waals surface area (Å²) < 4.78 is 0. The number of hydrogen-bond acceptors (Lipinski definition) is 2. The first-order valence-electron chi connectivity index (χ1n) is 4.86. The van der Waals surface area contributed by atoms with E-state index in [1.165, 1.54) is 0 Å². The van der Waals surface area contributed by atoms with Crippen LogP contribution in [0.4, 0.5) is 0 Å². The zero-order chi connectivity index (χ0) is 12.7. The molecule has 0 saturated heterocycles. The molecule has 0 saturated carbocycles. The van der Waals surface area contributed by atoms with Crippen molar-refractivity contribution in [3.8, 4) is 0 Å². The average Bonchev–Trinajstić information content (AvgIpc) is 1.75. The summed E-state index contributed by atoms with van der Waals surface area (Å²) >= 11 is 0. The van der Waals surface area contributed by atoms with Crippen LogP contribution in [0, 0.1) is 16.2 Å². The van der Waals surface area contributed by atoms with Crippen LogP contribution in [-0.2, 0) is 9.59 Å². The molecule has 0 radical (unpaired) electrons. The molecule has 0 unspecified atom stereocenters. The molecule has 0 fully saturated rings. The Morgan fingerprint density at radius 1 is 0.812 bits per heavy atom. The first-order chi connectivity index (χ1) is 6.39. The molecule has 92 valence electrons. The second-order valence-corrected chi connectivity index (χ2v) is 5.86. The Labute approximate surface area is 140 Å². The van der Waals surface area contributed by atoms with Gasteiger partial charge in [0.1, 0.15) is 0 Å². The second-order valence-electron chi connectivity index (χ2n) is 5.86. The quantitative estimate of drug-likeness (QED) is 0.587. The van der Waals surface area contributed by atoms with Crippen LogP contribution < -0.4 is 0 Å².